The van der Waals surface area contributed by atoms with Gasteiger partial charge in [0, 0.05) is 17.8 Å². The number of thiazole rings is 1. The highest BCUT2D eigenvalue weighted by Gasteiger charge is 2.10. The molecule has 0 aliphatic carbocycles. The van der Waals surface area contributed by atoms with Gasteiger partial charge >= 0.3 is 0 Å². The van der Waals surface area contributed by atoms with E-state index in [4.69, 9.17) is 5.73 Å². The second-order valence-corrected chi connectivity index (χ2v) is 4.80. The number of anilines is 1. The summed E-state index contributed by atoms with van der Waals surface area (Å²) in [6, 6.07) is 0.379. The number of nitrogen functional groups attached to an aromatic ring is 1. The topological polar surface area (TPSA) is 56.7 Å². The first kappa shape index (κ1) is 10.2. The Balaban J connectivity index is 2.41. The van der Waals surface area contributed by atoms with Crippen molar-refractivity contribution in [2.75, 3.05) is 5.73 Å². The van der Waals surface area contributed by atoms with Gasteiger partial charge in [-0.25, -0.2) is 4.98 Å². The summed E-state index contributed by atoms with van der Waals surface area (Å²) >= 11 is 1.51. The van der Waals surface area contributed by atoms with Crippen molar-refractivity contribution in [2.24, 2.45) is 0 Å². The summed E-state index contributed by atoms with van der Waals surface area (Å²) in [6.07, 6.45) is 3.89. The lowest BCUT2D eigenvalue weighted by Gasteiger charge is -2.02. The zero-order valence-corrected chi connectivity index (χ0v) is 9.88. The van der Waals surface area contributed by atoms with E-state index in [1.54, 1.807) is 0 Å². The number of nitrogens with two attached hydrogens (primary N) is 1. The fourth-order valence-electron chi connectivity index (χ4n) is 1.42. The van der Waals surface area contributed by atoms with E-state index in [9.17, 15) is 0 Å². The Morgan fingerprint density at radius 3 is 2.67 bits per heavy atom. The van der Waals surface area contributed by atoms with Gasteiger partial charge in [-0.1, -0.05) is 11.3 Å². The van der Waals surface area contributed by atoms with Gasteiger partial charge in [-0.2, -0.15) is 5.10 Å². The molecule has 15 heavy (non-hydrogen) atoms. The summed E-state index contributed by atoms with van der Waals surface area (Å²) < 4.78 is 1.94. The third-order valence-corrected chi connectivity index (χ3v) is 3.24. The second-order valence-electron chi connectivity index (χ2n) is 3.77. The zero-order valence-electron chi connectivity index (χ0n) is 9.06. The predicted molar refractivity (Wildman–Crippen MR) is 62.9 cm³/mol. The van der Waals surface area contributed by atoms with Gasteiger partial charge in [-0.3, -0.25) is 4.68 Å². The van der Waals surface area contributed by atoms with Crippen LogP contribution in [0.3, 0.4) is 0 Å². The minimum atomic E-state index is 0.379. The van der Waals surface area contributed by atoms with E-state index in [0.717, 1.165) is 16.1 Å². The molecule has 0 saturated carbocycles. The summed E-state index contributed by atoms with van der Waals surface area (Å²) in [5.74, 6) is 0. The Kier molecular flexibility index (Phi) is 2.48. The Morgan fingerprint density at radius 1 is 1.47 bits per heavy atom. The molecule has 0 amide bonds. The van der Waals surface area contributed by atoms with Crippen molar-refractivity contribution in [3.8, 4) is 10.4 Å². The lowest BCUT2D eigenvalue weighted by Crippen LogP contribution is -1.99. The Labute approximate surface area is 92.8 Å². The number of aryl methyl sites for hydroxylation is 1. The SMILES string of the molecule is Cc1nc(N)sc1-c1cnn(C(C)C)c1. The van der Waals surface area contributed by atoms with Crippen LogP contribution in [-0.4, -0.2) is 14.8 Å². The lowest BCUT2D eigenvalue weighted by atomic mass is 10.2. The highest BCUT2D eigenvalue weighted by atomic mass is 32.1. The van der Waals surface area contributed by atoms with Crippen molar-refractivity contribution in [1.82, 2.24) is 14.8 Å². The van der Waals surface area contributed by atoms with Crippen LogP contribution in [0, 0.1) is 6.92 Å². The lowest BCUT2D eigenvalue weighted by molar-refractivity contribution is 0.532. The van der Waals surface area contributed by atoms with E-state index in [0.29, 0.717) is 11.2 Å². The molecule has 0 unspecified atom stereocenters. The first-order valence-corrected chi connectivity index (χ1v) is 5.67. The minimum Gasteiger partial charge on any atom is -0.375 e. The molecule has 0 bridgehead atoms. The smallest absolute Gasteiger partial charge is 0.180 e. The van der Waals surface area contributed by atoms with Crippen LogP contribution in [0.5, 0.6) is 0 Å². The van der Waals surface area contributed by atoms with Gasteiger partial charge in [0.1, 0.15) is 0 Å². The van der Waals surface area contributed by atoms with Crippen LogP contribution < -0.4 is 5.73 Å². The van der Waals surface area contributed by atoms with Crippen molar-refractivity contribution < 1.29 is 0 Å². The molecule has 4 nitrogen and oxygen atoms in total. The molecule has 0 aromatic carbocycles. The molecule has 2 aromatic heterocycles. The quantitative estimate of drug-likeness (QED) is 0.849. The molecule has 0 aliphatic heterocycles. The Morgan fingerprint density at radius 2 is 2.20 bits per heavy atom. The van der Waals surface area contributed by atoms with Gasteiger partial charge in [0.25, 0.3) is 0 Å². The van der Waals surface area contributed by atoms with Crippen LogP contribution in [0.15, 0.2) is 12.4 Å². The van der Waals surface area contributed by atoms with Gasteiger partial charge in [0.15, 0.2) is 5.13 Å². The molecule has 2 rings (SSSR count). The summed E-state index contributed by atoms with van der Waals surface area (Å²) in [5.41, 5.74) is 7.73. The van der Waals surface area contributed by atoms with Gasteiger partial charge in [-0.15, -0.1) is 0 Å². The normalized spacial score (nSPS) is 11.2. The molecule has 0 fully saturated rings. The molecule has 5 heteroatoms. The largest absolute Gasteiger partial charge is 0.375 e. The highest BCUT2D eigenvalue weighted by molar-refractivity contribution is 7.18. The fourth-order valence-corrected chi connectivity index (χ4v) is 2.23. The molecule has 2 aromatic rings. The van der Waals surface area contributed by atoms with E-state index in [2.05, 4.69) is 23.9 Å². The third kappa shape index (κ3) is 1.87. The highest BCUT2D eigenvalue weighted by Crippen LogP contribution is 2.31. The number of nitrogens with zero attached hydrogens (tertiary/aromatic N) is 3. The molecule has 0 radical (unpaired) electrons. The summed E-state index contributed by atoms with van der Waals surface area (Å²) in [4.78, 5) is 5.31. The molecule has 0 saturated heterocycles. The number of aromatic nitrogens is 3. The van der Waals surface area contributed by atoms with Crippen LogP contribution in [-0.2, 0) is 0 Å². The first-order valence-electron chi connectivity index (χ1n) is 4.85. The standard InChI is InChI=1S/C10H14N4S/c1-6(2)14-5-8(4-12-14)9-7(3)13-10(11)15-9/h4-6H,1-3H3,(H2,11,13). The van der Waals surface area contributed by atoms with Gasteiger partial charge in [0.2, 0.25) is 0 Å². The Bertz CT molecular complexity index is 469. The molecule has 0 spiro atoms. The second kappa shape index (κ2) is 3.66. The molecule has 0 aliphatic rings. The molecule has 80 valence electrons. The number of hydrogen-bond donors (Lipinski definition) is 1. The molecule has 0 atom stereocenters. The third-order valence-electron chi connectivity index (χ3n) is 2.21. The van der Waals surface area contributed by atoms with Gasteiger partial charge < -0.3 is 5.73 Å². The van der Waals surface area contributed by atoms with Crippen LogP contribution in [0.4, 0.5) is 5.13 Å². The van der Waals surface area contributed by atoms with Crippen LogP contribution in [0.25, 0.3) is 10.4 Å². The fraction of sp³-hybridized carbons (Fsp3) is 0.400. The van der Waals surface area contributed by atoms with Crippen molar-refractivity contribution in [3.05, 3.63) is 18.1 Å². The van der Waals surface area contributed by atoms with Crippen molar-refractivity contribution in [3.63, 3.8) is 0 Å². The van der Waals surface area contributed by atoms with E-state index in [1.165, 1.54) is 11.3 Å². The van der Waals surface area contributed by atoms with Crippen molar-refractivity contribution >= 4 is 16.5 Å². The van der Waals surface area contributed by atoms with Crippen LogP contribution in [0.1, 0.15) is 25.6 Å². The van der Waals surface area contributed by atoms with Crippen LogP contribution >= 0.6 is 11.3 Å². The maximum atomic E-state index is 5.66. The van der Waals surface area contributed by atoms with Gasteiger partial charge in [0.05, 0.1) is 16.8 Å². The van der Waals surface area contributed by atoms with Gasteiger partial charge in [-0.05, 0) is 20.8 Å². The predicted octanol–water partition coefficient (Wildman–Crippen LogP) is 2.48. The molecular formula is C10H14N4S. The van der Waals surface area contributed by atoms with E-state index >= 15 is 0 Å². The van der Waals surface area contributed by atoms with E-state index in [-0.39, 0.29) is 0 Å². The molecule has 2 N–H and O–H groups in total. The average molecular weight is 222 g/mol. The maximum absolute atomic E-state index is 5.66. The molecular weight excluding hydrogens is 208 g/mol. The minimum absolute atomic E-state index is 0.379. The average Bonchev–Trinajstić information content (AvgIpc) is 2.71. The van der Waals surface area contributed by atoms with Crippen molar-refractivity contribution in [2.45, 2.75) is 26.8 Å². The first-order chi connectivity index (χ1) is 7.08. The van der Waals surface area contributed by atoms with E-state index < -0.39 is 0 Å². The maximum Gasteiger partial charge on any atom is 0.180 e. The van der Waals surface area contributed by atoms with Crippen LogP contribution in [0.2, 0.25) is 0 Å². The summed E-state index contributed by atoms with van der Waals surface area (Å²) in [7, 11) is 0. The summed E-state index contributed by atoms with van der Waals surface area (Å²) in [5, 5.41) is 4.91. The monoisotopic (exact) mass is 222 g/mol. The van der Waals surface area contributed by atoms with E-state index in [1.807, 2.05) is 24.0 Å². The van der Waals surface area contributed by atoms with Crippen molar-refractivity contribution in [1.29, 1.82) is 0 Å². The molecule has 2 heterocycles. The zero-order chi connectivity index (χ0) is 11.0. The number of rotatable bonds is 2. The Hall–Kier alpha value is -1.36. The number of hydrogen-bond acceptors (Lipinski definition) is 4. The summed E-state index contributed by atoms with van der Waals surface area (Å²) in [6.45, 7) is 6.17.